The zero-order valence-corrected chi connectivity index (χ0v) is 10.7. The number of carbonyl (C=O) groups is 1. The first kappa shape index (κ1) is 13.1. The molecule has 0 saturated heterocycles. The molecule has 2 N–H and O–H groups in total. The number of aromatic nitrogens is 3. The van der Waals surface area contributed by atoms with Crippen molar-refractivity contribution >= 4 is 11.8 Å². The predicted molar refractivity (Wildman–Crippen MR) is 71.1 cm³/mol. The number of aryl methyl sites for hydroxylation is 1. The second kappa shape index (κ2) is 5.99. The van der Waals surface area contributed by atoms with Crippen LogP contribution in [-0.4, -0.2) is 27.1 Å². The van der Waals surface area contributed by atoms with E-state index in [1.54, 1.807) is 31.7 Å². The maximum atomic E-state index is 11.4. The van der Waals surface area contributed by atoms with Gasteiger partial charge >= 0.3 is 5.97 Å². The minimum atomic E-state index is -0.212. The van der Waals surface area contributed by atoms with Gasteiger partial charge < -0.3 is 15.0 Å². The standard InChI is InChI=1S/C13H16N4O2/c1-2-19-13(18)4-6-17-9-15-8-11(17)10-3-5-16-12(14)7-10/h3,5,7-9H,2,4,6H2,1H3,(H2,14,16). The van der Waals surface area contributed by atoms with Gasteiger partial charge in [-0.05, 0) is 19.1 Å². The summed E-state index contributed by atoms with van der Waals surface area (Å²) in [6.45, 7) is 2.72. The molecule has 0 aliphatic rings. The van der Waals surface area contributed by atoms with Crippen LogP contribution in [0.4, 0.5) is 5.82 Å². The molecule has 2 aromatic heterocycles. The van der Waals surface area contributed by atoms with E-state index in [2.05, 4.69) is 9.97 Å². The molecular weight excluding hydrogens is 244 g/mol. The van der Waals surface area contributed by atoms with Crippen LogP contribution >= 0.6 is 0 Å². The molecule has 0 spiro atoms. The molecule has 2 aromatic rings. The molecular formula is C13H16N4O2. The second-order valence-corrected chi connectivity index (χ2v) is 4.00. The Morgan fingerprint density at radius 1 is 1.53 bits per heavy atom. The zero-order valence-electron chi connectivity index (χ0n) is 10.7. The number of carbonyl (C=O) groups excluding carboxylic acids is 1. The molecule has 0 radical (unpaired) electrons. The molecule has 0 atom stereocenters. The van der Waals surface area contributed by atoms with Gasteiger partial charge in [0.1, 0.15) is 5.82 Å². The highest BCUT2D eigenvalue weighted by Crippen LogP contribution is 2.20. The predicted octanol–water partition coefficient (Wildman–Crippen LogP) is 1.48. The lowest BCUT2D eigenvalue weighted by Gasteiger charge is -2.08. The molecule has 100 valence electrons. The van der Waals surface area contributed by atoms with Crippen LogP contribution in [0.25, 0.3) is 11.3 Å². The van der Waals surface area contributed by atoms with Crippen LogP contribution < -0.4 is 5.73 Å². The molecule has 6 nitrogen and oxygen atoms in total. The number of nitrogens with zero attached hydrogens (tertiary/aromatic N) is 3. The van der Waals surface area contributed by atoms with Crippen molar-refractivity contribution in [2.75, 3.05) is 12.3 Å². The molecule has 2 heterocycles. The fraction of sp³-hybridized carbons (Fsp3) is 0.308. The number of nitrogens with two attached hydrogens (primary N) is 1. The summed E-state index contributed by atoms with van der Waals surface area (Å²) >= 11 is 0. The van der Waals surface area contributed by atoms with Crippen LogP contribution in [0, 0.1) is 0 Å². The summed E-state index contributed by atoms with van der Waals surface area (Å²) in [5.74, 6) is 0.243. The van der Waals surface area contributed by atoms with Crippen molar-refractivity contribution in [3.05, 3.63) is 30.9 Å². The first-order valence-electron chi connectivity index (χ1n) is 6.08. The SMILES string of the molecule is CCOC(=O)CCn1cncc1-c1ccnc(N)c1. The fourth-order valence-electron chi connectivity index (χ4n) is 1.79. The van der Waals surface area contributed by atoms with Gasteiger partial charge in [-0.1, -0.05) is 0 Å². The average molecular weight is 260 g/mol. The third-order valence-electron chi connectivity index (χ3n) is 2.65. The van der Waals surface area contributed by atoms with Crippen LogP contribution in [0.1, 0.15) is 13.3 Å². The van der Waals surface area contributed by atoms with Gasteiger partial charge in [0.2, 0.25) is 0 Å². The highest BCUT2D eigenvalue weighted by atomic mass is 16.5. The van der Waals surface area contributed by atoms with Gasteiger partial charge in [-0.3, -0.25) is 4.79 Å². The molecule has 0 aliphatic carbocycles. The van der Waals surface area contributed by atoms with Gasteiger partial charge in [0.15, 0.2) is 0 Å². The van der Waals surface area contributed by atoms with Crippen LogP contribution in [0.15, 0.2) is 30.9 Å². The topological polar surface area (TPSA) is 83.0 Å². The number of nitrogen functional groups attached to an aromatic ring is 1. The smallest absolute Gasteiger partial charge is 0.307 e. The van der Waals surface area contributed by atoms with E-state index in [-0.39, 0.29) is 5.97 Å². The first-order chi connectivity index (χ1) is 9.20. The molecule has 19 heavy (non-hydrogen) atoms. The Balaban J connectivity index is 2.12. The molecule has 0 aliphatic heterocycles. The molecule has 0 saturated carbocycles. The summed E-state index contributed by atoms with van der Waals surface area (Å²) in [4.78, 5) is 19.4. The number of rotatable bonds is 5. The third kappa shape index (κ3) is 3.31. The third-order valence-corrected chi connectivity index (χ3v) is 2.65. The van der Waals surface area contributed by atoms with E-state index >= 15 is 0 Å². The normalized spacial score (nSPS) is 10.4. The fourth-order valence-corrected chi connectivity index (χ4v) is 1.79. The van der Waals surface area contributed by atoms with Crippen LogP contribution in [0.3, 0.4) is 0 Å². The van der Waals surface area contributed by atoms with Gasteiger partial charge in [-0.2, -0.15) is 0 Å². The second-order valence-electron chi connectivity index (χ2n) is 4.00. The Morgan fingerprint density at radius 2 is 2.37 bits per heavy atom. The lowest BCUT2D eigenvalue weighted by Crippen LogP contribution is -2.09. The molecule has 0 fully saturated rings. The van der Waals surface area contributed by atoms with Crippen molar-refractivity contribution in [2.45, 2.75) is 19.9 Å². The maximum Gasteiger partial charge on any atom is 0.307 e. The Labute approximate surface area is 111 Å². The van der Waals surface area contributed by atoms with Crippen LogP contribution in [0.2, 0.25) is 0 Å². The zero-order chi connectivity index (χ0) is 13.7. The van der Waals surface area contributed by atoms with Crippen molar-refractivity contribution in [3.8, 4) is 11.3 Å². The number of esters is 1. The Morgan fingerprint density at radius 3 is 3.11 bits per heavy atom. The summed E-state index contributed by atoms with van der Waals surface area (Å²) in [7, 11) is 0. The first-order valence-corrected chi connectivity index (χ1v) is 6.08. The van der Waals surface area contributed by atoms with Crippen molar-refractivity contribution in [1.29, 1.82) is 0 Å². The Bertz CT molecular complexity index is 565. The van der Waals surface area contributed by atoms with E-state index in [0.717, 1.165) is 11.3 Å². The number of pyridine rings is 1. The monoisotopic (exact) mass is 260 g/mol. The van der Waals surface area contributed by atoms with Crippen molar-refractivity contribution < 1.29 is 9.53 Å². The largest absolute Gasteiger partial charge is 0.466 e. The Kier molecular flexibility index (Phi) is 4.12. The number of hydrogen-bond acceptors (Lipinski definition) is 5. The Hall–Kier alpha value is -2.37. The molecule has 0 amide bonds. The highest BCUT2D eigenvalue weighted by Gasteiger charge is 2.08. The van der Waals surface area contributed by atoms with Gasteiger partial charge in [-0.15, -0.1) is 0 Å². The summed E-state index contributed by atoms with van der Waals surface area (Å²) in [6, 6.07) is 3.63. The van der Waals surface area contributed by atoms with Gasteiger partial charge in [0, 0.05) is 18.3 Å². The van der Waals surface area contributed by atoms with Crippen LogP contribution in [0.5, 0.6) is 0 Å². The van der Waals surface area contributed by atoms with E-state index in [4.69, 9.17) is 10.5 Å². The summed E-state index contributed by atoms with van der Waals surface area (Å²) < 4.78 is 6.80. The van der Waals surface area contributed by atoms with E-state index in [1.807, 2.05) is 10.6 Å². The van der Waals surface area contributed by atoms with E-state index in [9.17, 15) is 4.79 Å². The van der Waals surface area contributed by atoms with E-state index in [1.165, 1.54) is 0 Å². The highest BCUT2D eigenvalue weighted by molar-refractivity contribution is 5.69. The number of ether oxygens (including phenoxy) is 1. The molecule has 6 heteroatoms. The van der Waals surface area contributed by atoms with Crippen molar-refractivity contribution in [1.82, 2.24) is 14.5 Å². The summed E-state index contributed by atoms with van der Waals surface area (Å²) in [5.41, 5.74) is 7.49. The van der Waals surface area contributed by atoms with Crippen molar-refractivity contribution in [2.24, 2.45) is 0 Å². The summed E-state index contributed by atoms with van der Waals surface area (Å²) in [5, 5.41) is 0. The lowest BCUT2D eigenvalue weighted by molar-refractivity contribution is -0.143. The minimum absolute atomic E-state index is 0.212. The van der Waals surface area contributed by atoms with Gasteiger partial charge in [0.05, 0.1) is 31.2 Å². The van der Waals surface area contributed by atoms with Gasteiger partial charge in [0.25, 0.3) is 0 Å². The average Bonchev–Trinajstić information content (AvgIpc) is 2.85. The van der Waals surface area contributed by atoms with Gasteiger partial charge in [-0.25, -0.2) is 9.97 Å². The lowest BCUT2D eigenvalue weighted by atomic mass is 10.2. The van der Waals surface area contributed by atoms with Crippen LogP contribution in [-0.2, 0) is 16.1 Å². The molecule has 0 bridgehead atoms. The quantitative estimate of drug-likeness (QED) is 0.823. The number of hydrogen-bond donors (Lipinski definition) is 1. The minimum Gasteiger partial charge on any atom is -0.466 e. The molecule has 0 unspecified atom stereocenters. The molecule has 2 rings (SSSR count). The summed E-state index contributed by atoms with van der Waals surface area (Å²) in [6.07, 6.45) is 5.39. The van der Waals surface area contributed by atoms with E-state index < -0.39 is 0 Å². The number of anilines is 1. The maximum absolute atomic E-state index is 11.4. The molecule has 0 aromatic carbocycles. The van der Waals surface area contributed by atoms with E-state index in [0.29, 0.717) is 25.4 Å². The number of imidazole rings is 1. The van der Waals surface area contributed by atoms with Crippen molar-refractivity contribution in [3.63, 3.8) is 0 Å².